The van der Waals surface area contributed by atoms with Gasteiger partial charge in [0.15, 0.2) is 0 Å². The average Bonchev–Trinajstić information content (AvgIpc) is 2.74. The second-order valence-electron chi connectivity index (χ2n) is 4.16. The normalized spacial score (nSPS) is 16.2. The predicted octanol–water partition coefficient (Wildman–Crippen LogP) is 2.41. The van der Waals surface area contributed by atoms with Crippen LogP contribution in [0.3, 0.4) is 0 Å². The number of hydrogen-bond acceptors (Lipinski definition) is 1. The summed E-state index contributed by atoms with van der Waals surface area (Å²) in [5, 5.41) is 0. The SMILES string of the molecule is Cn1cccc1C(=O)N1CCC(=C(F)F)CC1. The van der Waals surface area contributed by atoms with E-state index in [0.29, 0.717) is 18.8 Å². The molecule has 1 aromatic heterocycles. The number of nitrogens with zero attached hydrogens (tertiary/aromatic N) is 2. The molecular weight excluding hydrogens is 226 g/mol. The minimum atomic E-state index is -1.59. The summed E-state index contributed by atoms with van der Waals surface area (Å²) < 4.78 is 26.5. The van der Waals surface area contributed by atoms with Crippen LogP contribution in [0.4, 0.5) is 8.78 Å². The number of amides is 1. The summed E-state index contributed by atoms with van der Waals surface area (Å²) in [5.41, 5.74) is 0.777. The maximum Gasteiger partial charge on any atom is 0.270 e. The first kappa shape index (κ1) is 11.8. The Kier molecular flexibility index (Phi) is 3.26. The number of hydrogen-bond donors (Lipinski definition) is 0. The van der Waals surface area contributed by atoms with Gasteiger partial charge in [0.25, 0.3) is 12.0 Å². The average molecular weight is 240 g/mol. The van der Waals surface area contributed by atoms with Gasteiger partial charge in [0.2, 0.25) is 0 Å². The summed E-state index contributed by atoms with van der Waals surface area (Å²) >= 11 is 0. The molecule has 0 aliphatic carbocycles. The smallest absolute Gasteiger partial charge is 0.270 e. The van der Waals surface area contributed by atoms with Gasteiger partial charge in [-0.05, 0) is 30.5 Å². The van der Waals surface area contributed by atoms with E-state index in [0.717, 1.165) is 0 Å². The number of aryl methyl sites for hydroxylation is 1. The van der Waals surface area contributed by atoms with Crippen LogP contribution >= 0.6 is 0 Å². The number of likely N-dealkylation sites (tertiary alicyclic amines) is 1. The fraction of sp³-hybridized carbons (Fsp3) is 0.417. The summed E-state index contributed by atoms with van der Waals surface area (Å²) in [6.45, 7) is 0.743. The Hall–Kier alpha value is -1.65. The van der Waals surface area contributed by atoms with E-state index in [2.05, 4.69) is 0 Å². The Morgan fingerprint density at radius 3 is 2.41 bits per heavy atom. The number of piperidine rings is 1. The van der Waals surface area contributed by atoms with E-state index in [4.69, 9.17) is 0 Å². The summed E-state index contributed by atoms with van der Waals surface area (Å²) in [7, 11) is 1.80. The number of carbonyl (C=O) groups is 1. The number of aromatic nitrogens is 1. The van der Waals surface area contributed by atoms with Crippen molar-refractivity contribution in [1.82, 2.24) is 9.47 Å². The summed E-state index contributed by atoms with van der Waals surface area (Å²) in [6.07, 6.45) is 0.761. The molecule has 2 heterocycles. The van der Waals surface area contributed by atoms with Crippen LogP contribution in [0.5, 0.6) is 0 Å². The molecule has 1 amide bonds. The van der Waals surface area contributed by atoms with Crippen LogP contribution in [0.15, 0.2) is 30.0 Å². The van der Waals surface area contributed by atoms with Crippen molar-refractivity contribution in [3.8, 4) is 0 Å². The minimum absolute atomic E-state index is 0.0872. The van der Waals surface area contributed by atoms with Crippen LogP contribution in [-0.4, -0.2) is 28.5 Å². The highest BCUT2D eigenvalue weighted by molar-refractivity contribution is 5.92. The van der Waals surface area contributed by atoms with Crippen LogP contribution in [0.25, 0.3) is 0 Å². The maximum absolute atomic E-state index is 12.4. The Bertz CT molecular complexity index is 451. The van der Waals surface area contributed by atoms with Crippen molar-refractivity contribution >= 4 is 5.91 Å². The standard InChI is InChI=1S/C12H14F2N2O/c1-15-6-2-3-10(15)12(17)16-7-4-9(5-8-16)11(13)14/h2-3,6H,4-5,7-8H2,1H3. The van der Waals surface area contributed by atoms with E-state index in [-0.39, 0.29) is 24.3 Å². The molecule has 0 unspecified atom stereocenters. The van der Waals surface area contributed by atoms with Crippen LogP contribution in [-0.2, 0) is 7.05 Å². The van der Waals surface area contributed by atoms with Crippen LogP contribution in [0.2, 0.25) is 0 Å². The van der Waals surface area contributed by atoms with Crippen molar-refractivity contribution < 1.29 is 13.6 Å². The lowest BCUT2D eigenvalue weighted by molar-refractivity contribution is 0.0731. The monoisotopic (exact) mass is 240 g/mol. The van der Waals surface area contributed by atoms with Crippen molar-refractivity contribution in [3.63, 3.8) is 0 Å². The second-order valence-corrected chi connectivity index (χ2v) is 4.16. The molecule has 0 N–H and O–H groups in total. The molecule has 17 heavy (non-hydrogen) atoms. The zero-order chi connectivity index (χ0) is 12.4. The van der Waals surface area contributed by atoms with Gasteiger partial charge < -0.3 is 9.47 Å². The fourth-order valence-corrected chi connectivity index (χ4v) is 2.01. The molecule has 1 aliphatic rings. The molecule has 5 heteroatoms. The van der Waals surface area contributed by atoms with Gasteiger partial charge in [-0.2, -0.15) is 8.78 Å². The van der Waals surface area contributed by atoms with Gasteiger partial charge >= 0.3 is 0 Å². The van der Waals surface area contributed by atoms with Crippen LogP contribution in [0, 0.1) is 0 Å². The first-order valence-electron chi connectivity index (χ1n) is 5.53. The molecular formula is C12H14F2N2O. The second kappa shape index (κ2) is 4.69. The zero-order valence-corrected chi connectivity index (χ0v) is 9.62. The zero-order valence-electron chi connectivity index (χ0n) is 9.62. The molecule has 0 radical (unpaired) electrons. The van der Waals surface area contributed by atoms with Gasteiger partial charge in [-0.1, -0.05) is 0 Å². The number of carbonyl (C=O) groups excluding carboxylic acids is 1. The molecule has 1 fully saturated rings. The van der Waals surface area contributed by atoms with Crippen molar-refractivity contribution in [2.24, 2.45) is 7.05 Å². The Balaban J connectivity index is 2.05. The molecule has 3 nitrogen and oxygen atoms in total. The van der Waals surface area contributed by atoms with Crippen molar-refractivity contribution in [1.29, 1.82) is 0 Å². The van der Waals surface area contributed by atoms with E-state index in [9.17, 15) is 13.6 Å². The molecule has 0 atom stereocenters. The minimum Gasteiger partial charge on any atom is -0.347 e. The Labute approximate surface area is 98.3 Å². The van der Waals surface area contributed by atoms with Gasteiger partial charge in [0.1, 0.15) is 5.69 Å². The summed E-state index contributed by atoms with van der Waals surface area (Å²) in [5.74, 6) is -0.0872. The van der Waals surface area contributed by atoms with Crippen LogP contribution in [0.1, 0.15) is 23.3 Å². The van der Waals surface area contributed by atoms with Gasteiger partial charge in [-0.25, -0.2) is 0 Å². The fourth-order valence-electron chi connectivity index (χ4n) is 2.01. The van der Waals surface area contributed by atoms with E-state index >= 15 is 0 Å². The first-order chi connectivity index (χ1) is 8.09. The molecule has 1 saturated heterocycles. The molecule has 0 saturated carbocycles. The molecule has 0 spiro atoms. The summed E-state index contributed by atoms with van der Waals surface area (Å²) in [4.78, 5) is 13.7. The summed E-state index contributed by atoms with van der Waals surface area (Å²) in [6, 6.07) is 3.53. The molecule has 92 valence electrons. The lowest BCUT2D eigenvalue weighted by Gasteiger charge is -2.28. The third kappa shape index (κ3) is 2.38. The van der Waals surface area contributed by atoms with Gasteiger partial charge in [-0.15, -0.1) is 0 Å². The highest BCUT2D eigenvalue weighted by Crippen LogP contribution is 2.22. The van der Waals surface area contributed by atoms with E-state index in [1.807, 2.05) is 0 Å². The number of halogens is 2. The lowest BCUT2D eigenvalue weighted by atomic mass is 10.1. The van der Waals surface area contributed by atoms with Gasteiger partial charge in [0, 0.05) is 26.3 Å². The predicted molar refractivity (Wildman–Crippen MR) is 59.8 cm³/mol. The highest BCUT2D eigenvalue weighted by atomic mass is 19.3. The largest absolute Gasteiger partial charge is 0.347 e. The van der Waals surface area contributed by atoms with E-state index in [1.165, 1.54) is 0 Å². The van der Waals surface area contributed by atoms with Crippen molar-refractivity contribution in [2.75, 3.05) is 13.1 Å². The third-order valence-corrected chi connectivity index (χ3v) is 3.08. The molecule has 0 bridgehead atoms. The topological polar surface area (TPSA) is 25.2 Å². The molecule has 1 aliphatic heterocycles. The Morgan fingerprint density at radius 2 is 1.94 bits per heavy atom. The maximum atomic E-state index is 12.4. The van der Waals surface area contributed by atoms with E-state index in [1.54, 1.807) is 34.8 Å². The van der Waals surface area contributed by atoms with E-state index < -0.39 is 6.08 Å². The van der Waals surface area contributed by atoms with Crippen LogP contribution < -0.4 is 0 Å². The quantitative estimate of drug-likeness (QED) is 0.740. The highest BCUT2D eigenvalue weighted by Gasteiger charge is 2.23. The third-order valence-electron chi connectivity index (χ3n) is 3.08. The van der Waals surface area contributed by atoms with Crippen molar-refractivity contribution in [2.45, 2.75) is 12.8 Å². The molecule has 2 rings (SSSR count). The Morgan fingerprint density at radius 1 is 1.29 bits per heavy atom. The molecule has 0 aromatic carbocycles. The van der Waals surface area contributed by atoms with Gasteiger partial charge in [0.05, 0.1) is 0 Å². The molecule has 1 aromatic rings. The van der Waals surface area contributed by atoms with Crippen molar-refractivity contribution in [3.05, 3.63) is 35.7 Å². The number of rotatable bonds is 1. The first-order valence-corrected chi connectivity index (χ1v) is 5.53. The van der Waals surface area contributed by atoms with Gasteiger partial charge in [-0.3, -0.25) is 4.79 Å². The lowest BCUT2D eigenvalue weighted by Crippen LogP contribution is -2.37.